The van der Waals surface area contributed by atoms with Gasteiger partial charge in [0.05, 0.1) is 23.0 Å². The van der Waals surface area contributed by atoms with E-state index < -0.39 is 32.7 Å². The lowest BCUT2D eigenvalue weighted by molar-refractivity contribution is -0.147. The molecule has 0 amide bonds. The smallest absolute Gasteiger partial charge is 0.327 e. The molecule has 0 atom stereocenters. The average Bonchev–Trinajstić information content (AvgIpc) is 3.03. The molecule has 134 valence electrons. The van der Waals surface area contributed by atoms with E-state index in [0.29, 0.717) is 31.2 Å². The van der Waals surface area contributed by atoms with Crippen LogP contribution in [0.3, 0.4) is 0 Å². The summed E-state index contributed by atoms with van der Waals surface area (Å²) in [5.41, 5.74) is -2.51. The lowest BCUT2D eigenvalue weighted by Gasteiger charge is -2.26. The van der Waals surface area contributed by atoms with Gasteiger partial charge in [-0.3, -0.25) is 14.4 Å². The Labute approximate surface area is 142 Å². The minimum Gasteiger partial charge on any atom is -0.468 e. The van der Waals surface area contributed by atoms with Crippen LogP contribution in [-0.2, 0) is 19.6 Å². The number of nitrogens with one attached hydrogen (secondary N) is 3. The molecule has 1 aromatic heterocycles. The fourth-order valence-electron chi connectivity index (χ4n) is 3.10. The molecule has 0 radical (unpaired) electrons. The van der Waals surface area contributed by atoms with E-state index in [4.69, 9.17) is 4.74 Å². The molecule has 0 saturated heterocycles. The average molecular weight is 367 g/mol. The molecular formula is C15H17N3O6S. The molecular weight excluding hydrogens is 350 g/mol. The van der Waals surface area contributed by atoms with Crippen molar-refractivity contribution in [1.29, 1.82) is 0 Å². The molecule has 1 aliphatic carbocycles. The Morgan fingerprint density at radius 3 is 2.32 bits per heavy atom. The standard InChI is InChI=1S/C15H17N3O6S/c1-24-14(21)15(6-2-3-7-15)18-25(22,23)9-4-5-10-11(8-9)17-13(20)12(19)16-10/h4-5,8,18H,2-3,6-7H2,1H3,(H,16,19)(H,17,20). The fourth-order valence-corrected chi connectivity index (χ4v) is 4.54. The summed E-state index contributed by atoms with van der Waals surface area (Å²) < 4.78 is 32.7. The van der Waals surface area contributed by atoms with E-state index in [9.17, 15) is 22.8 Å². The van der Waals surface area contributed by atoms with Gasteiger partial charge >= 0.3 is 17.1 Å². The van der Waals surface area contributed by atoms with Gasteiger partial charge in [0.2, 0.25) is 10.0 Å². The minimum absolute atomic E-state index is 0.127. The van der Waals surface area contributed by atoms with E-state index in [1.54, 1.807) is 0 Å². The normalized spacial score (nSPS) is 16.8. The molecule has 0 unspecified atom stereocenters. The number of carbonyl (C=O) groups is 1. The third-order valence-corrected chi connectivity index (χ3v) is 5.90. The Balaban J connectivity index is 2.03. The highest BCUT2D eigenvalue weighted by atomic mass is 32.2. The van der Waals surface area contributed by atoms with Crippen molar-refractivity contribution in [2.24, 2.45) is 0 Å². The van der Waals surface area contributed by atoms with Crippen molar-refractivity contribution in [1.82, 2.24) is 14.7 Å². The largest absolute Gasteiger partial charge is 0.468 e. The number of carbonyl (C=O) groups excluding carboxylic acids is 1. The van der Waals surface area contributed by atoms with Crippen LogP contribution in [0.15, 0.2) is 32.7 Å². The number of rotatable bonds is 4. The Morgan fingerprint density at radius 2 is 1.72 bits per heavy atom. The van der Waals surface area contributed by atoms with Crippen LogP contribution >= 0.6 is 0 Å². The topological polar surface area (TPSA) is 138 Å². The van der Waals surface area contributed by atoms with Crippen LogP contribution < -0.4 is 15.8 Å². The zero-order chi connectivity index (χ0) is 18.2. The highest BCUT2D eigenvalue weighted by Gasteiger charge is 2.45. The summed E-state index contributed by atoms with van der Waals surface area (Å²) in [5.74, 6) is -0.618. The summed E-state index contributed by atoms with van der Waals surface area (Å²) >= 11 is 0. The lowest BCUT2D eigenvalue weighted by Crippen LogP contribution is -2.52. The lowest BCUT2D eigenvalue weighted by atomic mass is 10.00. The van der Waals surface area contributed by atoms with Gasteiger partial charge in [-0.25, -0.2) is 8.42 Å². The molecule has 25 heavy (non-hydrogen) atoms. The van der Waals surface area contributed by atoms with Crippen molar-refractivity contribution in [2.75, 3.05) is 7.11 Å². The van der Waals surface area contributed by atoms with Crippen LogP contribution in [0.2, 0.25) is 0 Å². The van der Waals surface area contributed by atoms with Gasteiger partial charge in [0.25, 0.3) is 0 Å². The number of hydrogen-bond acceptors (Lipinski definition) is 6. The number of aromatic nitrogens is 2. The molecule has 0 bridgehead atoms. The van der Waals surface area contributed by atoms with Crippen LogP contribution in [-0.4, -0.2) is 37.0 Å². The van der Waals surface area contributed by atoms with Gasteiger partial charge < -0.3 is 14.7 Å². The number of benzene rings is 1. The highest BCUT2D eigenvalue weighted by molar-refractivity contribution is 7.89. The van der Waals surface area contributed by atoms with Gasteiger partial charge in [-0.05, 0) is 31.0 Å². The monoisotopic (exact) mass is 367 g/mol. The van der Waals surface area contributed by atoms with Gasteiger partial charge in [-0.2, -0.15) is 4.72 Å². The highest BCUT2D eigenvalue weighted by Crippen LogP contribution is 2.32. The first-order valence-electron chi connectivity index (χ1n) is 7.66. The first-order valence-corrected chi connectivity index (χ1v) is 9.14. The van der Waals surface area contributed by atoms with Crippen molar-refractivity contribution >= 4 is 27.0 Å². The van der Waals surface area contributed by atoms with Gasteiger partial charge in [0, 0.05) is 0 Å². The molecule has 0 spiro atoms. The number of fused-ring (bicyclic) bond motifs is 1. The molecule has 3 rings (SSSR count). The maximum atomic E-state index is 12.7. The van der Waals surface area contributed by atoms with E-state index >= 15 is 0 Å². The van der Waals surface area contributed by atoms with Gasteiger partial charge in [-0.1, -0.05) is 12.8 Å². The van der Waals surface area contributed by atoms with Crippen LogP contribution in [0.25, 0.3) is 11.0 Å². The number of aromatic amines is 2. The third-order valence-electron chi connectivity index (χ3n) is 4.37. The SMILES string of the molecule is COC(=O)C1(NS(=O)(=O)c2ccc3[nH]c(=O)c(=O)[nH]c3c2)CCCC1. The predicted molar refractivity (Wildman–Crippen MR) is 88.7 cm³/mol. The van der Waals surface area contributed by atoms with Crippen molar-refractivity contribution in [3.8, 4) is 0 Å². The van der Waals surface area contributed by atoms with Crippen LogP contribution in [0.4, 0.5) is 0 Å². The second-order valence-electron chi connectivity index (χ2n) is 6.00. The summed E-state index contributed by atoms with van der Waals surface area (Å²) in [6, 6.07) is 3.90. The molecule has 3 N–H and O–H groups in total. The quantitative estimate of drug-likeness (QED) is 0.513. The molecule has 1 heterocycles. The molecule has 9 nitrogen and oxygen atoms in total. The number of methoxy groups -OCH3 is 1. The summed E-state index contributed by atoms with van der Waals surface area (Å²) in [7, 11) is -2.82. The summed E-state index contributed by atoms with van der Waals surface area (Å²) in [5, 5.41) is 0. The fraction of sp³-hybridized carbons (Fsp3) is 0.400. The van der Waals surface area contributed by atoms with E-state index in [-0.39, 0.29) is 10.4 Å². The molecule has 1 aliphatic rings. The van der Waals surface area contributed by atoms with Crippen LogP contribution in [0.5, 0.6) is 0 Å². The molecule has 1 fully saturated rings. The Morgan fingerprint density at radius 1 is 1.12 bits per heavy atom. The maximum absolute atomic E-state index is 12.7. The zero-order valence-corrected chi connectivity index (χ0v) is 14.2. The Hall–Kier alpha value is -2.46. The number of hydrogen-bond donors (Lipinski definition) is 3. The Bertz CT molecular complexity index is 1050. The van der Waals surface area contributed by atoms with Crippen molar-refractivity contribution in [2.45, 2.75) is 36.1 Å². The Kier molecular flexibility index (Phi) is 4.25. The number of esters is 1. The molecule has 1 saturated carbocycles. The van der Waals surface area contributed by atoms with Crippen LogP contribution in [0, 0.1) is 0 Å². The summed E-state index contributed by atoms with van der Waals surface area (Å²) in [4.78, 5) is 39.4. The van der Waals surface area contributed by atoms with E-state index in [1.807, 2.05) is 0 Å². The van der Waals surface area contributed by atoms with Gasteiger partial charge in [0.1, 0.15) is 5.54 Å². The molecule has 0 aliphatic heterocycles. The number of H-pyrrole nitrogens is 2. The summed E-state index contributed by atoms with van der Waals surface area (Å²) in [6.07, 6.45) is 2.14. The molecule has 1 aromatic carbocycles. The van der Waals surface area contributed by atoms with Gasteiger partial charge in [-0.15, -0.1) is 0 Å². The third kappa shape index (κ3) is 3.10. The second kappa shape index (κ2) is 6.12. The maximum Gasteiger partial charge on any atom is 0.327 e. The first-order chi connectivity index (χ1) is 11.8. The van der Waals surface area contributed by atoms with E-state index in [2.05, 4.69) is 14.7 Å². The number of sulfonamides is 1. The van der Waals surface area contributed by atoms with Crippen molar-refractivity contribution in [3.63, 3.8) is 0 Å². The van der Waals surface area contributed by atoms with E-state index in [0.717, 1.165) is 0 Å². The first kappa shape index (κ1) is 17.4. The van der Waals surface area contributed by atoms with E-state index in [1.165, 1.54) is 25.3 Å². The molecule has 2 aromatic rings. The molecule has 10 heteroatoms. The van der Waals surface area contributed by atoms with Crippen molar-refractivity contribution in [3.05, 3.63) is 38.9 Å². The predicted octanol–water partition coefficient (Wildman–Crippen LogP) is -0.0195. The van der Waals surface area contributed by atoms with Crippen molar-refractivity contribution < 1.29 is 17.9 Å². The zero-order valence-electron chi connectivity index (χ0n) is 13.4. The second-order valence-corrected chi connectivity index (χ2v) is 7.68. The minimum atomic E-state index is -4.04. The number of ether oxygens (including phenoxy) is 1. The van der Waals surface area contributed by atoms with Gasteiger partial charge in [0.15, 0.2) is 0 Å². The summed E-state index contributed by atoms with van der Waals surface area (Å²) in [6.45, 7) is 0. The van der Waals surface area contributed by atoms with Crippen LogP contribution in [0.1, 0.15) is 25.7 Å².